The highest BCUT2D eigenvalue weighted by Gasteiger charge is 2.10. The van der Waals surface area contributed by atoms with Gasteiger partial charge in [0.2, 0.25) is 0 Å². The van der Waals surface area contributed by atoms with E-state index in [0.29, 0.717) is 18.2 Å². The number of H-pyrrole nitrogens is 1. The minimum Gasteiger partial charge on any atom is -0.462 e. The lowest BCUT2D eigenvalue weighted by atomic mass is 10.1. The van der Waals surface area contributed by atoms with Crippen LogP contribution in [0.5, 0.6) is 0 Å². The molecule has 0 fully saturated rings. The molecule has 0 radical (unpaired) electrons. The molecule has 0 atom stereocenters. The molecule has 3 N–H and O–H groups in total. The van der Waals surface area contributed by atoms with Gasteiger partial charge in [0.15, 0.2) is 0 Å². The quantitative estimate of drug-likeness (QED) is 0.710. The number of hydrogen-bond donors (Lipinski definition) is 2. The van der Waals surface area contributed by atoms with E-state index in [1.807, 2.05) is 45.0 Å². The van der Waals surface area contributed by atoms with Gasteiger partial charge in [0.05, 0.1) is 23.1 Å². The average Bonchev–Trinajstić information content (AvgIpc) is 3.12. The van der Waals surface area contributed by atoms with Gasteiger partial charge in [-0.2, -0.15) is 10.2 Å². The number of anilines is 1. The van der Waals surface area contributed by atoms with Crippen LogP contribution in [0.3, 0.4) is 0 Å². The molecule has 0 aliphatic carbocycles. The molecule has 25 heavy (non-hydrogen) atoms. The summed E-state index contributed by atoms with van der Waals surface area (Å²) < 4.78 is 6.31. The van der Waals surface area contributed by atoms with Crippen LogP contribution in [0.4, 0.5) is 5.82 Å². The summed E-state index contributed by atoms with van der Waals surface area (Å²) >= 11 is 0. The van der Waals surface area contributed by atoms with Crippen molar-refractivity contribution < 1.29 is 9.53 Å². The van der Waals surface area contributed by atoms with Crippen molar-refractivity contribution in [3.63, 3.8) is 0 Å². The number of hydrogen-bond acceptors (Lipinski definition) is 5. The molecular weight excluding hydrogens is 318 g/mol. The summed E-state index contributed by atoms with van der Waals surface area (Å²) in [6, 6.07) is 7.90. The number of ether oxygens (including phenoxy) is 1. The van der Waals surface area contributed by atoms with E-state index in [1.54, 1.807) is 10.9 Å². The molecule has 0 amide bonds. The Labute approximate surface area is 147 Å². The largest absolute Gasteiger partial charge is 0.462 e. The lowest BCUT2D eigenvalue weighted by Gasteiger charge is -2.14. The van der Waals surface area contributed by atoms with E-state index in [2.05, 4.69) is 33.9 Å². The number of nitrogens with two attached hydrogens (primary N) is 1. The monoisotopic (exact) mass is 343 g/mol. The van der Waals surface area contributed by atoms with E-state index in [0.717, 1.165) is 22.3 Å². The number of carbonyl (C=O) groups is 1. The molecule has 0 saturated heterocycles. The van der Waals surface area contributed by atoms with Crippen molar-refractivity contribution in [3.05, 3.63) is 36.2 Å². The van der Waals surface area contributed by atoms with Crippen LogP contribution in [0.1, 0.15) is 46.2 Å². The number of fused-ring (bicyclic) bond motifs is 1. The number of nitrogen functional groups attached to an aromatic ring is 1. The van der Waals surface area contributed by atoms with Crippen LogP contribution in [0, 0.1) is 0 Å². The van der Waals surface area contributed by atoms with Gasteiger partial charge in [0.25, 0.3) is 6.47 Å². The van der Waals surface area contributed by atoms with E-state index >= 15 is 0 Å². The maximum Gasteiger partial charge on any atom is 0.293 e. The van der Waals surface area contributed by atoms with Gasteiger partial charge in [0, 0.05) is 11.5 Å². The fourth-order valence-electron chi connectivity index (χ4n) is 2.11. The fraction of sp³-hybridized carbons (Fsp3) is 0.389. The molecule has 1 aromatic carbocycles. The van der Waals surface area contributed by atoms with Crippen LogP contribution in [0.15, 0.2) is 30.5 Å². The Morgan fingerprint density at radius 3 is 2.52 bits per heavy atom. The smallest absolute Gasteiger partial charge is 0.293 e. The average molecular weight is 343 g/mol. The first kappa shape index (κ1) is 18.5. The van der Waals surface area contributed by atoms with Crippen LogP contribution in [0.2, 0.25) is 0 Å². The fourth-order valence-corrected chi connectivity index (χ4v) is 2.11. The zero-order valence-corrected chi connectivity index (χ0v) is 15.3. The predicted molar refractivity (Wildman–Crippen MR) is 98.6 cm³/mol. The van der Waals surface area contributed by atoms with Crippen LogP contribution >= 0.6 is 0 Å². The molecule has 0 aliphatic rings. The Hall–Kier alpha value is -2.83. The van der Waals surface area contributed by atoms with Gasteiger partial charge in [-0.3, -0.25) is 9.89 Å². The van der Waals surface area contributed by atoms with Crippen molar-refractivity contribution >= 4 is 23.2 Å². The van der Waals surface area contributed by atoms with Crippen molar-refractivity contribution in [3.8, 4) is 5.69 Å². The van der Waals surface area contributed by atoms with Gasteiger partial charge in [-0.25, -0.2) is 4.68 Å². The van der Waals surface area contributed by atoms with Crippen molar-refractivity contribution in [2.24, 2.45) is 0 Å². The Kier molecular flexibility index (Phi) is 5.46. The molecule has 7 heteroatoms. The van der Waals surface area contributed by atoms with Gasteiger partial charge in [-0.15, -0.1) is 0 Å². The molecule has 7 nitrogen and oxygen atoms in total. The van der Waals surface area contributed by atoms with Crippen molar-refractivity contribution in [1.29, 1.82) is 0 Å². The summed E-state index contributed by atoms with van der Waals surface area (Å²) in [7, 11) is 0. The minimum absolute atomic E-state index is 0.318. The van der Waals surface area contributed by atoms with E-state index in [-0.39, 0.29) is 5.60 Å². The molecule has 0 spiro atoms. The highest BCUT2D eigenvalue weighted by molar-refractivity contribution is 5.80. The number of nitrogens with one attached hydrogen (secondary N) is 1. The third-order valence-electron chi connectivity index (χ3n) is 3.42. The Bertz CT molecular complexity index is 843. The number of carbonyl (C=O) groups excluding carboxylic acids is 1. The molecule has 134 valence electrons. The first-order valence-corrected chi connectivity index (χ1v) is 8.11. The topological polar surface area (TPSA) is 98.8 Å². The minimum atomic E-state index is -0.318. The molecule has 0 aliphatic heterocycles. The van der Waals surface area contributed by atoms with E-state index in [1.165, 1.54) is 0 Å². The third kappa shape index (κ3) is 4.82. The zero-order valence-electron chi connectivity index (χ0n) is 15.3. The second kappa shape index (κ2) is 7.38. The number of rotatable bonds is 3. The number of aromatic nitrogens is 4. The first-order chi connectivity index (χ1) is 11.7. The molecule has 2 aromatic heterocycles. The summed E-state index contributed by atoms with van der Waals surface area (Å²) in [5.74, 6) is 1.02. The highest BCUT2D eigenvalue weighted by atomic mass is 16.5. The third-order valence-corrected chi connectivity index (χ3v) is 3.42. The Balaban J connectivity index is 0.000000277. The van der Waals surface area contributed by atoms with Crippen molar-refractivity contribution in [2.45, 2.75) is 46.1 Å². The summed E-state index contributed by atoms with van der Waals surface area (Å²) in [6.07, 6.45) is 1.79. The molecule has 0 saturated carbocycles. The number of nitrogens with zero attached hydrogens (tertiary/aromatic N) is 3. The van der Waals surface area contributed by atoms with Gasteiger partial charge >= 0.3 is 0 Å². The number of benzene rings is 1. The zero-order chi connectivity index (χ0) is 18.6. The van der Waals surface area contributed by atoms with E-state index in [4.69, 9.17) is 5.73 Å². The second-order valence-corrected chi connectivity index (χ2v) is 7.03. The van der Waals surface area contributed by atoms with E-state index in [9.17, 15) is 4.79 Å². The maximum absolute atomic E-state index is 9.60. The van der Waals surface area contributed by atoms with Crippen LogP contribution in [-0.2, 0) is 9.53 Å². The standard InChI is InChI=1S/C13H15N5.C5H10O2/c1-8(2)12-6-13(14)18(17-12)10-3-4-11-9(5-10)7-15-16-11;1-5(2,3)7-4-6/h3-8H,14H2,1-2H3,(H,15,16);4H,1-3H3. The second-order valence-electron chi connectivity index (χ2n) is 7.03. The van der Waals surface area contributed by atoms with Crippen LogP contribution in [-0.4, -0.2) is 32.1 Å². The first-order valence-electron chi connectivity index (χ1n) is 8.11. The Morgan fingerprint density at radius 1 is 1.28 bits per heavy atom. The molecule has 0 bridgehead atoms. The van der Waals surface area contributed by atoms with Crippen LogP contribution < -0.4 is 5.73 Å². The highest BCUT2D eigenvalue weighted by Crippen LogP contribution is 2.22. The van der Waals surface area contributed by atoms with Gasteiger partial charge in [-0.05, 0) is 44.9 Å². The lowest BCUT2D eigenvalue weighted by Crippen LogP contribution is -2.17. The summed E-state index contributed by atoms with van der Waals surface area (Å²) in [6.45, 7) is 10.1. The maximum atomic E-state index is 9.60. The lowest BCUT2D eigenvalue weighted by molar-refractivity contribution is -0.138. The molecule has 0 unspecified atom stereocenters. The Morgan fingerprint density at radius 2 is 2.00 bits per heavy atom. The molecule has 3 aromatic rings. The van der Waals surface area contributed by atoms with Crippen molar-refractivity contribution in [1.82, 2.24) is 20.0 Å². The summed E-state index contributed by atoms with van der Waals surface area (Å²) in [5.41, 5.74) is 8.65. The molecular formula is C18H25N5O2. The molecule has 3 rings (SSSR count). The van der Waals surface area contributed by atoms with Gasteiger partial charge < -0.3 is 10.5 Å². The van der Waals surface area contributed by atoms with Gasteiger partial charge in [0.1, 0.15) is 11.4 Å². The predicted octanol–water partition coefficient (Wildman–Crippen LogP) is 3.41. The van der Waals surface area contributed by atoms with E-state index < -0.39 is 0 Å². The normalized spacial score (nSPS) is 11.3. The SMILES string of the molecule is CC(C)(C)OC=O.CC(C)c1cc(N)n(-c2ccc3[nH]ncc3c2)n1. The van der Waals surface area contributed by atoms with Crippen LogP contribution in [0.25, 0.3) is 16.6 Å². The van der Waals surface area contributed by atoms with Crippen molar-refractivity contribution in [2.75, 3.05) is 5.73 Å². The van der Waals surface area contributed by atoms with Gasteiger partial charge in [-0.1, -0.05) is 13.8 Å². The number of aromatic amines is 1. The summed E-state index contributed by atoms with van der Waals surface area (Å²) in [5, 5.41) is 12.5. The molecule has 2 heterocycles. The summed E-state index contributed by atoms with van der Waals surface area (Å²) in [4.78, 5) is 9.60.